The third-order valence-corrected chi connectivity index (χ3v) is 3.81. The van der Waals surface area contributed by atoms with Crippen LogP contribution in [0.15, 0.2) is 36.8 Å². The van der Waals surface area contributed by atoms with Crippen LogP contribution in [-0.2, 0) is 5.41 Å². The Labute approximate surface area is 164 Å². The van der Waals surface area contributed by atoms with E-state index >= 15 is 0 Å². The number of H-pyrrole nitrogens is 1. The van der Waals surface area contributed by atoms with Crippen LogP contribution >= 0.6 is 0 Å². The maximum absolute atomic E-state index is 7.15. The van der Waals surface area contributed by atoms with E-state index < -0.39 is 0 Å². The van der Waals surface area contributed by atoms with Crippen LogP contribution in [0.4, 0.5) is 5.82 Å². The Hall–Kier alpha value is -2.69. The zero-order chi connectivity index (χ0) is 20.4. The molecule has 0 bridgehead atoms. The van der Waals surface area contributed by atoms with E-state index in [-0.39, 0.29) is 6.84 Å². The average molecular weight is 370 g/mol. The zero-order valence-corrected chi connectivity index (χ0v) is 17.6. The van der Waals surface area contributed by atoms with E-state index in [4.69, 9.17) is 5.41 Å². The van der Waals surface area contributed by atoms with Gasteiger partial charge in [-0.15, -0.1) is 0 Å². The Morgan fingerprint density at radius 2 is 1.93 bits per heavy atom. The summed E-state index contributed by atoms with van der Waals surface area (Å²) in [4.78, 5) is 11.7. The van der Waals surface area contributed by atoms with Gasteiger partial charge in [0, 0.05) is 38.3 Å². The first-order valence-electron chi connectivity index (χ1n) is 9.50. The van der Waals surface area contributed by atoms with Crippen molar-refractivity contribution in [2.24, 2.45) is 0 Å². The lowest BCUT2D eigenvalue weighted by Crippen LogP contribution is -2.11. The van der Waals surface area contributed by atoms with Gasteiger partial charge in [0.05, 0.1) is 11.0 Å². The van der Waals surface area contributed by atoms with Crippen LogP contribution in [0.3, 0.4) is 0 Å². The number of hydrogen-bond donors (Lipinski definition) is 3. The number of nitrogens with one attached hydrogen (secondary N) is 3. The number of rotatable bonds is 3. The van der Waals surface area contributed by atoms with E-state index in [2.05, 4.69) is 47.1 Å². The molecule has 0 aliphatic rings. The molecule has 0 amide bonds. The van der Waals surface area contributed by atoms with Gasteiger partial charge in [0.1, 0.15) is 5.82 Å². The number of aryl methyl sites for hydroxylation is 1. The van der Waals surface area contributed by atoms with Crippen molar-refractivity contribution < 1.29 is 1.43 Å². The van der Waals surface area contributed by atoms with Crippen LogP contribution in [0.1, 0.15) is 59.7 Å². The molecule has 148 valence electrons. The summed E-state index contributed by atoms with van der Waals surface area (Å²) in [6.07, 6.45) is 6.92. The first kappa shape index (κ1) is 22.4. The summed E-state index contributed by atoms with van der Waals surface area (Å²) in [6, 6.07) is 6.03. The number of nitrogens with zero attached hydrogens (tertiary/aromatic N) is 2. The molecule has 0 radical (unpaired) electrons. The topological polar surface area (TPSA) is 77.5 Å². The van der Waals surface area contributed by atoms with Gasteiger partial charge < -0.3 is 15.7 Å². The second-order valence-electron chi connectivity index (χ2n) is 6.97. The van der Waals surface area contributed by atoms with Gasteiger partial charge in [-0.25, -0.2) is 4.98 Å². The minimum Gasteiger partial charge on any atom is -0.370 e. The van der Waals surface area contributed by atoms with Crippen molar-refractivity contribution in [3.05, 3.63) is 53.5 Å². The normalized spacial score (nSPS) is 10.3. The predicted octanol–water partition coefficient (Wildman–Crippen LogP) is 5.95. The Bertz CT molecular complexity index is 849. The van der Waals surface area contributed by atoms with E-state index in [1.54, 1.807) is 6.20 Å². The number of fused-ring (bicyclic) bond motifs is 1. The largest absolute Gasteiger partial charge is 0.370 e. The number of aromatic nitrogens is 3. The van der Waals surface area contributed by atoms with E-state index in [0.29, 0.717) is 0 Å². The first-order chi connectivity index (χ1) is 12.9. The lowest BCUT2D eigenvalue weighted by Gasteiger charge is -2.19. The highest BCUT2D eigenvalue weighted by Crippen LogP contribution is 2.27. The molecule has 0 saturated carbocycles. The molecule has 0 atom stereocenters. The molecule has 0 aromatic carbocycles. The second kappa shape index (κ2) is 10.5. The minimum absolute atomic E-state index is 0. The molecule has 0 aliphatic carbocycles. The number of hydrogen-bond acceptors (Lipinski definition) is 4. The van der Waals surface area contributed by atoms with Crippen LogP contribution in [0.5, 0.6) is 0 Å². The van der Waals surface area contributed by atoms with Gasteiger partial charge in [-0.3, -0.25) is 4.98 Å². The average Bonchev–Trinajstić information content (AvgIpc) is 3.13. The molecule has 3 N–H and O–H groups in total. The van der Waals surface area contributed by atoms with E-state index in [1.165, 1.54) is 11.8 Å². The van der Waals surface area contributed by atoms with Crippen LogP contribution < -0.4 is 5.32 Å². The molecule has 0 fully saturated rings. The second-order valence-corrected chi connectivity index (χ2v) is 6.97. The fourth-order valence-corrected chi connectivity index (χ4v) is 2.60. The highest BCUT2D eigenvalue weighted by molar-refractivity contribution is 5.84. The van der Waals surface area contributed by atoms with E-state index in [9.17, 15) is 0 Å². The molecule has 3 rings (SSSR count). The van der Waals surface area contributed by atoms with Gasteiger partial charge in [-0.05, 0) is 48.6 Å². The molecule has 0 aliphatic heterocycles. The summed E-state index contributed by atoms with van der Waals surface area (Å²) < 4.78 is 0. The number of pyridine rings is 2. The van der Waals surface area contributed by atoms with Gasteiger partial charge >= 0.3 is 0 Å². The van der Waals surface area contributed by atoms with Gasteiger partial charge in [-0.2, -0.15) is 0 Å². The van der Waals surface area contributed by atoms with Crippen molar-refractivity contribution in [1.29, 1.82) is 5.41 Å². The van der Waals surface area contributed by atoms with Crippen LogP contribution in [0, 0.1) is 12.3 Å². The molecule has 27 heavy (non-hydrogen) atoms. The summed E-state index contributed by atoms with van der Waals surface area (Å²) in [7, 11) is 0. The summed E-state index contributed by atoms with van der Waals surface area (Å²) in [5, 5.41) is 10.2. The molecule has 3 aromatic rings. The zero-order valence-electron chi connectivity index (χ0n) is 17.6. The number of aromatic amines is 1. The fourth-order valence-electron chi connectivity index (χ4n) is 2.60. The number of anilines is 1. The lowest BCUT2D eigenvalue weighted by atomic mass is 9.87. The third kappa shape index (κ3) is 6.20. The summed E-state index contributed by atoms with van der Waals surface area (Å²) in [6.45, 7) is 15.4. The summed E-state index contributed by atoms with van der Waals surface area (Å²) in [5.41, 5.74) is 5.63. The highest BCUT2D eigenvalue weighted by atomic mass is 15.0. The fraction of sp³-hybridized carbons (Fsp3) is 0.409. The van der Waals surface area contributed by atoms with Crippen molar-refractivity contribution in [2.75, 3.05) is 11.9 Å². The van der Waals surface area contributed by atoms with Gasteiger partial charge in [-0.1, -0.05) is 34.6 Å². The SMILES string of the molecule is CC.CC(C)(C)c1ccnc2cc[nH]c12.CCNc1ncc(C)cc1C=N.[HH]. The molecular formula is C22H35N5. The highest BCUT2D eigenvalue weighted by Gasteiger charge is 2.17. The van der Waals surface area contributed by atoms with Crippen molar-refractivity contribution in [3.8, 4) is 0 Å². The Morgan fingerprint density at radius 3 is 2.52 bits per heavy atom. The predicted molar refractivity (Wildman–Crippen MR) is 119 cm³/mol. The molecule has 5 nitrogen and oxygen atoms in total. The smallest absolute Gasteiger partial charge is 0.134 e. The van der Waals surface area contributed by atoms with Crippen LogP contribution in [-0.4, -0.2) is 27.7 Å². The minimum atomic E-state index is 0. The molecule has 0 spiro atoms. The van der Waals surface area contributed by atoms with Crippen LogP contribution in [0.25, 0.3) is 11.0 Å². The third-order valence-electron chi connectivity index (χ3n) is 3.81. The Kier molecular flexibility index (Phi) is 8.66. The molecule has 5 heteroatoms. The summed E-state index contributed by atoms with van der Waals surface area (Å²) >= 11 is 0. The molecule has 3 aromatic heterocycles. The maximum atomic E-state index is 7.15. The Balaban J connectivity index is 0.000000465. The quantitative estimate of drug-likeness (QED) is 0.499. The summed E-state index contributed by atoms with van der Waals surface area (Å²) in [5.74, 6) is 0.790. The van der Waals surface area contributed by atoms with Gasteiger partial charge in [0.2, 0.25) is 0 Å². The standard InChI is InChI=1S/C11H14N2.C9H13N3.C2H6.H2/c1-11(2,3)8-4-6-12-9-5-7-13-10(8)9;1-3-11-9-8(5-10)4-7(2)6-12-9;1-2;/h4-7,13H,1-3H3;4-6,10H,3H2,1-2H3,(H,11,12);1-2H3;1H. The van der Waals surface area contributed by atoms with Crippen molar-refractivity contribution >= 4 is 23.1 Å². The molecule has 0 saturated heterocycles. The molecular weight excluding hydrogens is 334 g/mol. The van der Waals surface area contributed by atoms with E-state index in [0.717, 1.165) is 34.5 Å². The van der Waals surface area contributed by atoms with Crippen molar-refractivity contribution in [2.45, 2.75) is 53.9 Å². The molecule has 0 unspecified atom stereocenters. The monoisotopic (exact) mass is 369 g/mol. The molecule has 3 heterocycles. The lowest BCUT2D eigenvalue weighted by molar-refractivity contribution is 0.594. The first-order valence-corrected chi connectivity index (χ1v) is 9.50. The van der Waals surface area contributed by atoms with Gasteiger partial charge in [0.15, 0.2) is 0 Å². The van der Waals surface area contributed by atoms with Crippen LogP contribution in [0.2, 0.25) is 0 Å². The maximum Gasteiger partial charge on any atom is 0.134 e. The van der Waals surface area contributed by atoms with Crippen molar-refractivity contribution in [3.63, 3.8) is 0 Å². The van der Waals surface area contributed by atoms with Crippen molar-refractivity contribution in [1.82, 2.24) is 15.0 Å². The van der Waals surface area contributed by atoms with E-state index in [1.807, 2.05) is 52.2 Å². The van der Waals surface area contributed by atoms with Gasteiger partial charge in [0.25, 0.3) is 0 Å². The Morgan fingerprint density at radius 1 is 1.22 bits per heavy atom.